The minimum absolute atomic E-state index is 0. The summed E-state index contributed by atoms with van der Waals surface area (Å²) < 4.78 is 0. The molecule has 2 heterocycles. The normalized spacial score (nSPS) is 19.7. The van der Waals surface area contributed by atoms with Crippen LogP contribution < -0.4 is 20.9 Å². The van der Waals surface area contributed by atoms with E-state index in [0.717, 1.165) is 43.2 Å². The number of imide groups is 1. The van der Waals surface area contributed by atoms with Crippen LogP contribution in [0.4, 0.5) is 10.5 Å². The lowest BCUT2D eigenvalue weighted by Gasteiger charge is -2.35. The van der Waals surface area contributed by atoms with Crippen LogP contribution in [0.15, 0.2) is 29.3 Å². The van der Waals surface area contributed by atoms with Gasteiger partial charge in [-0.25, -0.2) is 4.79 Å². The van der Waals surface area contributed by atoms with Crippen LogP contribution >= 0.6 is 35.6 Å². The number of urea groups is 1. The average molecular weight is 535 g/mol. The van der Waals surface area contributed by atoms with Gasteiger partial charge in [-0.3, -0.25) is 14.7 Å². The molecule has 29 heavy (non-hydrogen) atoms. The Bertz CT molecular complexity index is 731. The number of nitrogens with zero attached hydrogens (tertiary/aromatic N) is 3. The summed E-state index contributed by atoms with van der Waals surface area (Å²) in [5.41, 5.74) is 1.05. The highest BCUT2D eigenvalue weighted by atomic mass is 127. The van der Waals surface area contributed by atoms with Crippen LogP contribution in [0.1, 0.15) is 19.8 Å². The van der Waals surface area contributed by atoms with E-state index in [0.29, 0.717) is 12.5 Å². The van der Waals surface area contributed by atoms with Crippen LogP contribution in [-0.4, -0.2) is 68.1 Å². The Hall–Kier alpha value is -1.75. The lowest BCUT2D eigenvalue weighted by molar-refractivity contribution is -0.124. The Labute approximate surface area is 193 Å². The molecule has 3 rings (SSSR count). The molecule has 2 fully saturated rings. The van der Waals surface area contributed by atoms with E-state index in [1.54, 1.807) is 0 Å². The average Bonchev–Trinajstić information content (AvgIpc) is 3.01. The molecule has 0 bridgehead atoms. The number of carbonyl (C=O) groups is 2. The molecule has 1 unspecified atom stereocenters. The van der Waals surface area contributed by atoms with E-state index in [-0.39, 0.29) is 55.0 Å². The fourth-order valence-electron chi connectivity index (χ4n) is 3.48. The number of para-hydroxylation sites is 1. The van der Waals surface area contributed by atoms with Crippen LogP contribution in [0, 0.1) is 0 Å². The van der Waals surface area contributed by atoms with Gasteiger partial charge >= 0.3 is 6.03 Å². The van der Waals surface area contributed by atoms with Crippen molar-refractivity contribution < 1.29 is 9.59 Å². The van der Waals surface area contributed by atoms with Crippen LogP contribution in [0.5, 0.6) is 0 Å². The van der Waals surface area contributed by atoms with Crippen molar-refractivity contribution in [1.29, 1.82) is 0 Å². The van der Waals surface area contributed by atoms with Gasteiger partial charge in [-0.1, -0.05) is 23.7 Å². The highest BCUT2D eigenvalue weighted by Crippen LogP contribution is 2.27. The number of piperidine rings is 1. The predicted molar refractivity (Wildman–Crippen MR) is 126 cm³/mol. The predicted octanol–water partition coefficient (Wildman–Crippen LogP) is 2.03. The lowest BCUT2D eigenvalue weighted by atomic mass is 10.0. The number of guanidine groups is 1. The van der Waals surface area contributed by atoms with Gasteiger partial charge in [-0.15, -0.1) is 24.0 Å². The molecule has 0 saturated carbocycles. The summed E-state index contributed by atoms with van der Waals surface area (Å²) in [7, 11) is 0. The van der Waals surface area contributed by atoms with Gasteiger partial charge in [0.05, 0.1) is 30.3 Å². The Morgan fingerprint density at radius 2 is 2.14 bits per heavy atom. The topological polar surface area (TPSA) is 89.1 Å². The molecule has 0 spiro atoms. The van der Waals surface area contributed by atoms with E-state index in [4.69, 9.17) is 11.6 Å². The summed E-state index contributed by atoms with van der Waals surface area (Å²) in [5, 5.41) is 9.98. The SMILES string of the molecule is CCNC(=NCCN1C(=O)CNC1=O)NC1CCCN(c2ccccc2Cl)C1.I. The molecule has 1 aromatic carbocycles. The number of benzene rings is 1. The van der Waals surface area contributed by atoms with Crippen LogP contribution in [0.2, 0.25) is 5.02 Å². The standard InChI is InChI=1S/C19H27ClN6O2.HI/c1-2-21-18(22-9-11-26-17(27)12-23-19(26)28)24-14-6-5-10-25(13-14)16-8-4-3-7-15(16)20;/h3-4,7-8,14H,2,5-6,9-13H2,1H3,(H,23,28)(H2,21,22,24);1H. The van der Waals surface area contributed by atoms with Crippen molar-refractivity contribution in [1.82, 2.24) is 20.9 Å². The zero-order chi connectivity index (χ0) is 19.9. The maximum absolute atomic E-state index is 11.6. The van der Waals surface area contributed by atoms with Crippen molar-refractivity contribution in [2.75, 3.05) is 44.2 Å². The van der Waals surface area contributed by atoms with Gasteiger partial charge in [0.1, 0.15) is 0 Å². The molecule has 2 aliphatic heterocycles. The summed E-state index contributed by atoms with van der Waals surface area (Å²) in [6.45, 7) is 5.25. The van der Waals surface area contributed by atoms with Gasteiger partial charge in [-0.05, 0) is 31.9 Å². The Morgan fingerprint density at radius 1 is 1.34 bits per heavy atom. The second kappa shape index (κ2) is 11.4. The van der Waals surface area contributed by atoms with E-state index >= 15 is 0 Å². The van der Waals surface area contributed by atoms with Crippen LogP contribution in [0.25, 0.3) is 0 Å². The van der Waals surface area contributed by atoms with Crippen LogP contribution in [-0.2, 0) is 4.79 Å². The van der Waals surface area contributed by atoms with E-state index < -0.39 is 0 Å². The van der Waals surface area contributed by atoms with Crippen molar-refractivity contribution in [2.45, 2.75) is 25.8 Å². The van der Waals surface area contributed by atoms with Crippen molar-refractivity contribution in [3.8, 4) is 0 Å². The minimum atomic E-state index is -0.346. The third-order valence-corrected chi connectivity index (χ3v) is 5.15. The van der Waals surface area contributed by atoms with Gasteiger partial charge in [0.2, 0.25) is 5.91 Å². The largest absolute Gasteiger partial charge is 0.368 e. The number of aliphatic imine (C=N–C) groups is 1. The van der Waals surface area contributed by atoms with Gasteiger partial charge < -0.3 is 20.9 Å². The number of amides is 3. The highest BCUT2D eigenvalue weighted by molar-refractivity contribution is 14.0. The third kappa shape index (κ3) is 6.36. The fraction of sp³-hybridized carbons (Fsp3) is 0.526. The Balaban J connectivity index is 0.00000300. The molecule has 0 aromatic heterocycles. The number of halogens is 2. The smallest absolute Gasteiger partial charge is 0.324 e. The van der Waals surface area contributed by atoms with Crippen molar-refractivity contribution in [2.24, 2.45) is 4.99 Å². The van der Waals surface area contributed by atoms with Gasteiger partial charge in [0.15, 0.2) is 5.96 Å². The number of hydrogen-bond donors (Lipinski definition) is 3. The quantitative estimate of drug-likeness (QED) is 0.225. The zero-order valence-corrected chi connectivity index (χ0v) is 19.6. The number of rotatable bonds is 6. The van der Waals surface area contributed by atoms with E-state index in [2.05, 4.69) is 25.8 Å². The summed E-state index contributed by atoms with van der Waals surface area (Å²) in [6, 6.07) is 7.78. The number of carbonyl (C=O) groups excluding carboxylic acids is 2. The van der Waals surface area contributed by atoms with E-state index in [1.807, 2.05) is 31.2 Å². The second-order valence-corrected chi connectivity index (χ2v) is 7.25. The Kier molecular flexibility index (Phi) is 9.28. The first-order chi connectivity index (χ1) is 13.6. The lowest BCUT2D eigenvalue weighted by Crippen LogP contribution is -2.51. The molecule has 2 saturated heterocycles. The third-order valence-electron chi connectivity index (χ3n) is 4.83. The van der Waals surface area contributed by atoms with E-state index in [1.165, 1.54) is 4.90 Å². The molecule has 10 heteroatoms. The molecule has 3 amide bonds. The second-order valence-electron chi connectivity index (χ2n) is 6.85. The van der Waals surface area contributed by atoms with Crippen molar-refractivity contribution in [3.63, 3.8) is 0 Å². The number of nitrogens with one attached hydrogen (secondary N) is 3. The first-order valence-electron chi connectivity index (χ1n) is 9.71. The summed E-state index contributed by atoms with van der Waals surface area (Å²) in [5.74, 6) is 0.487. The summed E-state index contributed by atoms with van der Waals surface area (Å²) in [4.78, 5) is 31.3. The zero-order valence-electron chi connectivity index (χ0n) is 16.5. The summed E-state index contributed by atoms with van der Waals surface area (Å²) in [6.07, 6.45) is 2.10. The van der Waals surface area contributed by atoms with Gasteiger partial charge in [0.25, 0.3) is 0 Å². The fourth-order valence-corrected chi connectivity index (χ4v) is 3.73. The highest BCUT2D eigenvalue weighted by Gasteiger charge is 2.27. The molecule has 2 aliphatic rings. The molecule has 3 N–H and O–H groups in total. The van der Waals surface area contributed by atoms with Crippen molar-refractivity contribution >= 4 is 59.2 Å². The first-order valence-corrected chi connectivity index (χ1v) is 10.1. The molecule has 8 nitrogen and oxygen atoms in total. The summed E-state index contributed by atoms with van der Waals surface area (Å²) >= 11 is 6.35. The molecule has 0 radical (unpaired) electrons. The number of hydrogen-bond acceptors (Lipinski definition) is 4. The monoisotopic (exact) mass is 534 g/mol. The number of anilines is 1. The maximum Gasteiger partial charge on any atom is 0.324 e. The molecular formula is C19H28ClIN6O2. The first kappa shape index (κ1) is 23.5. The van der Waals surface area contributed by atoms with Gasteiger partial charge in [0, 0.05) is 25.7 Å². The van der Waals surface area contributed by atoms with E-state index in [9.17, 15) is 9.59 Å². The van der Waals surface area contributed by atoms with Crippen molar-refractivity contribution in [3.05, 3.63) is 29.3 Å². The molecule has 160 valence electrons. The molecule has 1 aromatic rings. The van der Waals surface area contributed by atoms with Gasteiger partial charge in [-0.2, -0.15) is 0 Å². The maximum atomic E-state index is 11.6. The van der Waals surface area contributed by atoms with Crippen LogP contribution in [0.3, 0.4) is 0 Å². The molecule has 1 atom stereocenters. The Morgan fingerprint density at radius 3 is 2.83 bits per heavy atom. The molecule has 0 aliphatic carbocycles. The minimum Gasteiger partial charge on any atom is -0.368 e. The molecular weight excluding hydrogens is 507 g/mol.